The third-order valence-corrected chi connectivity index (χ3v) is 9.62. The zero-order valence-electron chi connectivity index (χ0n) is 29.1. The number of unbranched alkanes of at least 4 members (excludes halogenated alkanes) is 18. The Balaban J connectivity index is 1.71. The van der Waals surface area contributed by atoms with Crippen LogP contribution in [0.4, 0.5) is 0 Å². The van der Waals surface area contributed by atoms with Crippen molar-refractivity contribution in [2.24, 2.45) is 0 Å². The first-order valence-corrected chi connectivity index (χ1v) is 19.5. The molecule has 0 spiro atoms. The molecule has 43 heavy (non-hydrogen) atoms. The van der Waals surface area contributed by atoms with Crippen molar-refractivity contribution < 1.29 is 14.2 Å². The lowest BCUT2D eigenvalue weighted by Gasteiger charge is -2.26. The van der Waals surface area contributed by atoms with Gasteiger partial charge < -0.3 is 14.2 Å². The number of allylic oxidation sites excluding steroid dienone is 2. The van der Waals surface area contributed by atoms with Crippen LogP contribution in [0.2, 0.25) is 0 Å². The summed E-state index contributed by atoms with van der Waals surface area (Å²) in [7, 11) is 0. The quantitative estimate of drug-likeness (QED) is 0.0566. The van der Waals surface area contributed by atoms with Crippen LogP contribution >= 0.6 is 0 Å². The smallest absolute Gasteiger partial charge is 0.0763 e. The van der Waals surface area contributed by atoms with Crippen LogP contribution in [0.5, 0.6) is 0 Å². The SMILES string of the molecule is CCCCCCCC(/C=C\CCCCCCCC1CCO1)OC(/C=C\CCCCCCCC1CCO1)CCCCCCC. The standard InChI is InChI=1S/C40H74O3/c1-3-5-7-15-23-29-39(31-25-19-13-9-11-17-21-27-37-33-35-41-37)43-40(30-24-16-8-6-4-2)32-26-20-14-10-12-18-22-28-38-34-36-42-38/h25-26,31-32,37-40H,3-24,27-30,33-36H2,1-2H3/b31-25-,32-26-. The lowest BCUT2D eigenvalue weighted by molar-refractivity contribution is -0.0557. The minimum atomic E-state index is 0.272. The van der Waals surface area contributed by atoms with E-state index in [1.54, 1.807) is 0 Å². The van der Waals surface area contributed by atoms with Crippen LogP contribution in [-0.4, -0.2) is 37.6 Å². The van der Waals surface area contributed by atoms with Crippen LogP contribution in [0.3, 0.4) is 0 Å². The molecule has 0 radical (unpaired) electrons. The van der Waals surface area contributed by atoms with Crippen molar-refractivity contribution in [2.45, 2.75) is 218 Å². The van der Waals surface area contributed by atoms with Crippen molar-refractivity contribution in [3.8, 4) is 0 Å². The van der Waals surface area contributed by atoms with Crippen molar-refractivity contribution in [1.29, 1.82) is 0 Å². The van der Waals surface area contributed by atoms with Crippen LogP contribution in [0.1, 0.15) is 194 Å². The highest BCUT2D eigenvalue weighted by molar-refractivity contribution is 4.95. The summed E-state index contributed by atoms with van der Waals surface area (Å²) in [5.41, 5.74) is 0. The second kappa shape index (κ2) is 28.8. The van der Waals surface area contributed by atoms with Gasteiger partial charge in [0.15, 0.2) is 0 Å². The Labute approximate surface area is 269 Å². The van der Waals surface area contributed by atoms with Gasteiger partial charge in [-0.2, -0.15) is 0 Å². The zero-order chi connectivity index (χ0) is 30.5. The van der Waals surface area contributed by atoms with E-state index >= 15 is 0 Å². The van der Waals surface area contributed by atoms with Gasteiger partial charge in [0, 0.05) is 13.2 Å². The van der Waals surface area contributed by atoms with E-state index < -0.39 is 0 Å². The molecule has 4 unspecified atom stereocenters. The molecular weight excluding hydrogens is 528 g/mol. The molecule has 2 heterocycles. The average Bonchev–Trinajstić information content (AvgIpc) is 2.96. The van der Waals surface area contributed by atoms with Gasteiger partial charge in [-0.05, 0) is 64.2 Å². The third-order valence-electron chi connectivity index (χ3n) is 9.62. The number of hydrogen-bond acceptors (Lipinski definition) is 3. The largest absolute Gasteiger partial charge is 0.378 e. The first-order chi connectivity index (χ1) is 21.3. The van der Waals surface area contributed by atoms with E-state index in [1.165, 1.54) is 180 Å². The second-order valence-corrected chi connectivity index (χ2v) is 13.7. The minimum absolute atomic E-state index is 0.272. The fourth-order valence-electron chi connectivity index (χ4n) is 6.39. The Morgan fingerprint density at radius 2 is 0.884 bits per heavy atom. The molecule has 0 bridgehead atoms. The molecule has 0 aliphatic carbocycles. The summed E-state index contributed by atoms with van der Waals surface area (Å²) in [5.74, 6) is 0. The molecule has 0 aromatic rings. The molecule has 3 heteroatoms. The average molecular weight is 603 g/mol. The van der Waals surface area contributed by atoms with Crippen LogP contribution in [0.25, 0.3) is 0 Å². The van der Waals surface area contributed by atoms with E-state index in [0.717, 1.165) is 13.2 Å². The minimum Gasteiger partial charge on any atom is -0.378 e. The molecule has 252 valence electrons. The molecule has 2 rings (SSSR count). The summed E-state index contributed by atoms with van der Waals surface area (Å²) < 4.78 is 18.0. The summed E-state index contributed by atoms with van der Waals surface area (Å²) in [5, 5.41) is 0. The molecule has 4 atom stereocenters. The fourth-order valence-corrected chi connectivity index (χ4v) is 6.39. The summed E-state index contributed by atoms with van der Waals surface area (Å²) in [6.45, 7) is 6.60. The van der Waals surface area contributed by atoms with Gasteiger partial charge in [-0.25, -0.2) is 0 Å². The molecule has 2 aliphatic heterocycles. The summed E-state index contributed by atoms with van der Waals surface area (Å²) in [6.07, 6.45) is 48.3. The Hall–Kier alpha value is -0.640. The molecule has 2 aliphatic rings. The van der Waals surface area contributed by atoms with Crippen molar-refractivity contribution in [3.05, 3.63) is 24.3 Å². The van der Waals surface area contributed by atoms with Gasteiger partial charge >= 0.3 is 0 Å². The van der Waals surface area contributed by atoms with Crippen LogP contribution in [0.15, 0.2) is 24.3 Å². The Morgan fingerprint density at radius 3 is 1.28 bits per heavy atom. The van der Waals surface area contributed by atoms with E-state index in [1.807, 2.05) is 0 Å². The molecule has 0 aromatic heterocycles. The maximum absolute atomic E-state index is 6.86. The second-order valence-electron chi connectivity index (χ2n) is 13.7. The van der Waals surface area contributed by atoms with E-state index in [9.17, 15) is 0 Å². The van der Waals surface area contributed by atoms with Gasteiger partial charge in [0.25, 0.3) is 0 Å². The van der Waals surface area contributed by atoms with Gasteiger partial charge in [0.1, 0.15) is 0 Å². The summed E-state index contributed by atoms with van der Waals surface area (Å²) in [4.78, 5) is 0. The molecule has 0 saturated carbocycles. The fraction of sp³-hybridized carbons (Fsp3) is 0.900. The normalized spacial score (nSPS) is 20.0. The third kappa shape index (κ3) is 22.5. The first kappa shape index (κ1) is 38.5. The number of ether oxygens (including phenoxy) is 3. The summed E-state index contributed by atoms with van der Waals surface area (Å²) in [6, 6.07) is 0. The van der Waals surface area contributed by atoms with Gasteiger partial charge in [-0.3, -0.25) is 0 Å². The van der Waals surface area contributed by atoms with E-state index in [4.69, 9.17) is 14.2 Å². The van der Waals surface area contributed by atoms with Gasteiger partial charge in [-0.1, -0.05) is 154 Å². The molecule has 0 aromatic carbocycles. The zero-order valence-corrected chi connectivity index (χ0v) is 29.1. The monoisotopic (exact) mass is 603 g/mol. The highest BCUT2D eigenvalue weighted by Crippen LogP contribution is 2.21. The number of rotatable bonds is 32. The van der Waals surface area contributed by atoms with Gasteiger partial charge in [0.2, 0.25) is 0 Å². The topological polar surface area (TPSA) is 27.7 Å². The van der Waals surface area contributed by atoms with Gasteiger partial charge in [-0.15, -0.1) is 0 Å². The predicted molar refractivity (Wildman–Crippen MR) is 187 cm³/mol. The Bertz CT molecular complexity index is 582. The maximum Gasteiger partial charge on any atom is 0.0763 e. The lowest BCUT2D eigenvalue weighted by Crippen LogP contribution is -2.26. The van der Waals surface area contributed by atoms with E-state index in [2.05, 4.69) is 38.2 Å². The van der Waals surface area contributed by atoms with Crippen LogP contribution < -0.4 is 0 Å². The number of hydrogen-bond donors (Lipinski definition) is 0. The van der Waals surface area contributed by atoms with Crippen molar-refractivity contribution in [3.63, 3.8) is 0 Å². The summed E-state index contributed by atoms with van der Waals surface area (Å²) >= 11 is 0. The maximum atomic E-state index is 6.86. The van der Waals surface area contributed by atoms with Crippen molar-refractivity contribution in [2.75, 3.05) is 13.2 Å². The van der Waals surface area contributed by atoms with E-state index in [0.29, 0.717) is 12.2 Å². The van der Waals surface area contributed by atoms with Crippen LogP contribution in [0, 0.1) is 0 Å². The lowest BCUT2D eigenvalue weighted by atomic mass is 10.0. The Kier molecular flexibility index (Phi) is 25.8. The van der Waals surface area contributed by atoms with Gasteiger partial charge in [0.05, 0.1) is 24.4 Å². The van der Waals surface area contributed by atoms with Crippen molar-refractivity contribution >= 4 is 0 Å². The highest BCUT2D eigenvalue weighted by Gasteiger charge is 2.17. The Morgan fingerprint density at radius 1 is 0.512 bits per heavy atom. The molecule has 3 nitrogen and oxygen atoms in total. The molecule has 0 N–H and O–H groups in total. The van der Waals surface area contributed by atoms with Crippen molar-refractivity contribution in [1.82, 2.24) is 0 Å². The first-order valence-electron chi connectivity index (χ1n) is 19.5. The molecule has 2 fully saturated rings. The molecule has 2 saturated heterocycles. The van der Waals surface area contributed by atoms with Crippen LogP contribution in [-0.2, 0) is 14.2 Å². The predicted octanol–water partition coefficient (Wildman–Crippen LogP) is 12.6. The molecular formula is C40H74O3. The van der Waals surface area contributed by atoms with E-state index in [-0.39, 0.29) is 12.2 Å². The highest BCUT2D eigenvalue weighted by atomic mass is 16.5. The molecule has 0 amide bonds.